The third-order valence-electron chi connectivity index (χ3n) is 11.9. The molecule has 188 valence electrons. The molecule has 0 aromatic rings. The molecular weight excluding hydrogens is 432 g/mol. The number of carbonyl (C=O) groups is 3. The summed E-state index contributed by atoms with van der Waals surface area (Å²) in [6.45, 7) is 12.3. The van der Waals surface area contributed by atoms with Crippen LogP contribution in [0.2, 0.25) is 0 Å². The van der Waals surface area contributed by atoms with E-state index in [9.17, 15) is 24.6 Å². The average Bonchev–Trinajstić information content (AvgIpc) is 2.96. The molecule has 0 aliphatic heterocycles. The Hall–Kier alpha value is -1.53. The normalized spacial score (nSPS) is 49.2. The Morgan fingerprint density at radius 2 is 1.74 bits per heavy atom. The summed E-state index contributed by atoms with van der Waals surface area (Å²) in [5.74, 6) is -0.168. The van der Waals surface area contributed by atoms with E-state index < -0.39 is 27.9 Å². The van der Waals surface area contributed by atoms with Crippen molar-refractivity contribution in [1.29, 1.82) is 0 Å². The summed E-state index contributed by atoms with van der Waals surface area (Å²) in [6.07, 6.45) is 1.64. The van der Waals surface area contributed by atoms with Gasteiger partial charge in [-0.15, -0.1) is 0 Å². The zero-order valence-electron chi connectivity index (χ0n) is 21.7. The Morgan fingerprint density at radius 3 is 2.35 bits per heavy atom. The Morgan fingerprint density at radius 1 is 1.09 bits per heavy atom. The molecule has 5 aliphatic carbocycles. The minimum atomic E-state index is -1.17. The summed E-state index contributed by atoms with van der Waals surface area (Å²) < 4.78 is 4.82. The number of rotatable bonds is 4. The molecule has 5 aliphatic rings. The van der Waals surface area contributed by atoms with Crippen molar-refractivity contribution in [2.24, 2.45) is 45.3 Å². The Balaban J connectivity index is 1.64. The van der Waals surface area contributed by atoms with E-state index in [2.05, 4.69) is 20.8 Å². The summed E-state index contributed by atoms with van der Waals surface area (Å²) in [6, 6.07) is 0. The zero-order chi connectivity index (χ0) is 25.2. The fourth-order valence-corrected chi connectivity index (χ4v) is 9.91. The third kappa shape index (κ3) is 2.42. The minimum Gasteiger partial charge on any atom is -0.469 e. The fraction of sp³-hybridized carbons (Fsp3) is 0.821. The van der Waals surface area contributed by atoms with Gasteiger partial charge in [-0.25, -0.2) is 0 Å². The number of hydrogen-bond donors (Lipinski definition) is 2. The summed E-state index contributed by atoms with van der Waals surface area (Å²) in [7, 11) is 1.38. The van der Waals surface area contributed by atoms with Crippen LogP contribution < -0.4 is 0 Å². The van der Waals surface area contributed by atoms with E-state index in [1.165, 1.54) is 7.11 Å². The molecule has 0 saturated heterocycles. The van der Waals surface area contributed by atoms with E-state index in [4.69, 9.17) is 4.74 Å². The first-order valence-electron chi connectivity index (χ1n) is 12.9. The number of Topliss-reactive ketones (excluding diaryl/α,β-unsaturated/α-hetero) is 2. The molecule has 0 aromatic carbocycles. The van der Waals surface area contributed by atoms with Gasteiger partial charge in [-0.1, -0.05) is 34.6 Å². The number of hydrogen-bond acceptors (Lipinski definition) is 6. The summed E-state index contributed by atoms with van der Waals surface area (Å²) in [5, 5.41) is 23.9. The fourth-order valence-electron chi connectivity index (χ4n) is 9.91. The molecule has 6 heteroatoms. The molecule has 0 bridgehead atoms. The number of carbonyl (C=O) groups excluding carboxylic acids is 3. The van der Waals surface area contributed by atoms with Gasteiger partial charge in [0, 0.05) is 36.0 Å². The third-order valence-corrected chi connectivity index (χ3v) is 11.9. The van der Waals surface area contributed by atoms with Gasteiger partial charge < -0.3 is 14.9 Å². The first-order valence-corrected chi connectivity index (χ1v) is 12.9. The smallest absolute Gasteiger partial charge is 0.305 e. The van der Waals surface area contributed by atoms with Crippen molar-refractivity contribution in [2.45, 2.75) is 91.8 Å². The first-order chi connectivity index (χ1) is 15.6. The maximum Gasteiger partial charge on any atom is 0.305 e. The zero-order valence-corrected chi connectivity index (χ0v) is 21.7. The van der Waals surface area contributed by atoms with Crippen molar-refractivity contribution < 1.29 is 29.3 Å². The van der Waals surface area contributed by atoms with Crippen molar-refractivity contribution in [1.82, 2.24) is 0 Å². The van der Waals surface area contributed by atoms with Gasteiger partial charge in [-0.3, -0.25) is 14.4 Å². The molecule has 0 spiro atoms. The van der Waals surface area contributed by atoms with Gasteiger partial charge in [-0.05, 0) is 60.5 Å². The second-order valence-electron chi connectivity index (χ2n) is 13.2. The highest BCUT2D eigenvalue weighted by Crippen LogP contribution is 2.81. The highest BCUT2D eigenvalue weighted by Gasteiger charge is 2.81. The molecule has 3 fully saturated rings. The van der Waals surface area contributed by atoms with Gasteiger partial charge in [0.2, 0.25) is 0 Å². The van der Waals surface area contributed by atoms with E-state index in [0.29, 0.717) is 38.5 Å². The van der Waals surface area contributed by atoms with Gasteiger partial charge in [0.25, 0.3) is 0 Å². The van der Waals surface area contributed by atoms with Gasteiger partial charge in [0.05, 0.1) is 24.2 Å². The van der Waals surface area contributed by atoms with Crippen LogP contribution in [0.4, 0.5) is 0 Å². The molecule has 2 N–H and O–H groups in total. The number of aliphatic hydroxyl groups excluding tert-OH is 1. The lowest BCUT2D eigenvalue weighted by Gasteiger charge is -2.76. The van der Waals surface area contributed by atoms with Crippen LogP contribution >= 0.6 is 0 Å². The highest BCUT2D eigenvalue weighted by molar-refractivity contribution is 5.94. The van der Waals surface area contributed by atoms with Crippen LogP contribution in [0.25, 0.3) is 0 Å². The van der Waals surface area contributed by atoms with Crippen molar-refractivity contribution in [2.75, 3.05) is 7.11 Å². The number of methoxy groups -OCH3 is 1. The van der Waals surface area contributed by atoms with E-state index >= 15 is 0 Å². The van der Waals surface area contributed by atoms with Crippen molar-refractivity contribution in [3.63, 3.8) is 0 Å². The number of ether oxygens (including phenoxy) is 1. The lowest BCUT2D eigenvalue weighted by atomic mass is 9.28. The van der Waals surface area contributed by atoms with E-state index in [1.807, 2.05) is 20.8 Å². The first kappa shape index (κ1) is 24.2. The lowest BCUT2D eigenvalue weighted by Crippen LogP contribution is -2.77. The van der Waals surface area contributed by atoms with Gasteiger partial charge in [0.15, 0.2) is 0 Å². The van der Waals surface area contributed by atoms with Gasteiger partial charge in [0.1, 0.15) is 11.6 Å². The second kappa shape index (κ2) is 6.82. The highest BCUT2D eigenvalue weighted by atomic mass is 16.5. The number of fused-ring (bicyclic) bond motifs is 3. The van der Waals surface area contributed by atoms with Crippen LogP contribution in [-0.2, 0) is 19.1 Å². The van der Waals surface area contributed by atoms with Crippen LogP contribution in [-0.4, -0.2) is 46.6 Å². The maximum absolute atomic E-state index is 13.8. The molecule has 5 rings (SSSR count). The van der Waals surface area contributed by atoms with Gasteiger partial charge >= 0.3 is 5.97 Å². The van der Waals surface area contributed by atoms with Gasteiger partial charge in [-0.2, -0.15) is 0 Å². The summed E-state index contributed by atoms with van der Waals surface area (Å²) >= 11 is 0. The van der Waals surface area contributed by atoms with Crippen LogP contribution in [0.3, 0.4) is 0 Å². The van der Waals surface area contributed by atoms with Crippen LogP contribution in [0.15, 0.2) is 11.1 Å². The summed E-state index contributed by atoms with van der Waals surface area (Å²) in [5.41, 5.74) is -1.93. The number of aliphatic hydroxyl groups is 2. The molecule has 0 heterocycles. The van der Waals surface area contributed by atoms with Crippen LogP contribution in [0, 0.1) is 45.3 Å². The van der Waals surface area contributed by atoms with E-state index in [-0.39, 0.29) is 46.6 Å². The van der Waals surface area contributed by atoms with E-state index in [0.717, 1.165) is 11.1 Å². The Kier molecular flexibility index (Phi) is 4.85. The molecule has 0 aromatic heterocycles. The molecule has 9 atom stereocenters. The van der Waals surface area contributed by atoms with Crippen LogP contribution in [0.5, 0.6) is 0 Å². The number of ketones is 2. The van der Waals surface area contributed by atoms with E-state index in [1.54, 1.807) is 0 Å². The molecule has 3 saturated carbocycles. The molecular formula is C28H40O6. The molecule has 0 amide bonds. The Bertz CT molecular complexity index is 1030. The average molecular weight is 473 g/mol. The van der Waals surface area contributed by atoms with Crippen molar-refractivity contribution >= 4 is 17.5 Å². The molecule has 9 unspecified atom stereocenters. The lowest BCUT2D eigenvalue weighted by molar-refractivity contribution is -0.234. The predicted octanol–water partition coefficient (Wildman–Crippen LogP) is 3.62. The predicted molar refractivity (Wildman–Crippen MR) is 125 cm³/mol. The van der Waals surface area contributed by atoms with Crippen molar-refractivity contribution in [3.8, 4) is 0 Å². The molecule has 34 heavy (non-hydrogen) atoms. The molecule has 6 nitrogen and oxygen atoms in total. The second-order valence-corrected chi connectivity index (χ2v) is 13.2. The van der Waals surface area contributed by atoms with Crippen LogP contribution in [0.1, 0.15) is 80.1 Å². The maximum atomic E-state index is 13.8. The monoisotopic (exact) mass is 472 g/mol. The quantitative estimate of drug-likeness (QED) is 0.479. The Labute approximate surface area is 202 Å². The summed E-state index contributed by atoms with van der Waals surface area (Å²) in [4.78, 5) is 38.9. The largest absolute Gasteiger partial charge is 0.469 e. The SMILES string of the molecule is COC(=O)CCC(C)C1CC(=O)C2(C)C3=C4C(O)(CC12C)C1CC(=O)C(C)(C)C(CC3O)C41C. The molecule has 0 radical (unpaired) electrons. The van der Waals surface area contributed by atoms with Crippen molar-refractivity contribution in [3.05, 3.63) is 11.1 Å². The topological polar surface area (TPSA) is 101 Å². The standard InChI is InChI=1S/C28H40O6/c1-14(8-9-21(32)34-7)15-10-20(31)27(6)22-16(29)11-17-24(2,3)19(30)12-18-26(17,5)23(22)28(18,33)13-25(15,27)4/h14-18,29,33H,8-13H2,1-7H3. The minimum absolute atomic E-state index is 0.0276. The number of esters is 1.